The highest BCUT2D eigenvalue weighted by Gasteiger charge is 2.29. The average molecular weight is 318 g/mol. The van der Waals surface area contributed by atoms with Crippen LogP contribution in [0.15, 0.2) is 23.1 Å². The summed E-state index contributed by atoms with van der Waals surface area (Å²) in [4.78, 5) is 9.17. The maximum Gasteiger partial charge on any atom is 0.324 e. The van der Waals surface area contributed by atoms with Gasteiger partial charge >= 0.3 is 5.69 Å². The van der Waals surface area contributed by atoms with Gasteiger partial charge in [-0.05, 0) is 30.9 Å². The molecular formula is C12H15FN2O5S. The van der Waals surface area contributed by atoms with E-state index >= 15 is 0 Å². The summed E-state index contributed by atoms with van der Waals surface area (Å²) in [5.41, 5.74) is -1.03. The van der Waals surface area contributed by atoms with Gasteiger partial charge in [0.05, 0.1) is 4.92 Å². The van der Waals surface area contributed by atoms with E-state index in [1.165, 1.54) is 0 Å². The molecule has 0 unspecified atom stereocenters. The van der Waals surface area contributed by atoms with Crippen molar-refractivity contribution in [3.8, 4) is 0 Å². The Labute approximate surface area is 121 Å². The first-order chi connectivity index (χ1) is 9.92. The molecule has 0 atom stereocenters. The Morgan fingerprint density at radius 2 is 2.05 bits per heavy atom. The standard InChI is InChI=1S/C12H15FN2O5S/c13-10-2-1-3-11(12(10)15(16)17)21(18,19)14-8-9-4-6-20-7-5-9/h1-3,9,14H,4-8H2. The quantitative estimate of drug-likeness (QED) is 0.654. The molecule has 21 heavy (non-hydrogen) atoms. The van der Waals surface area contributed by atoms with Crippen LogP contribution in [0, 0.1) is 21.8 Å². The monoisotopic (exact) mass is 318 g/mol. The van der Waals surface area contributed by atoms with Gasteiger partial charge in [-0.15, -0.1) is 0 Å². The van der Waals surface area contributed by atoms with Crippen molar-refractivity contribution in [1.29, 1.82) is 0 Å². The lowest BCUT2D eigenvalue weighted by atomic mass is 10.0. The summed E-state index contributed by atoms with van der Waals surface area (Å²) in [6.45, 7) is 1.28. The molecule has 0 radical (unpaired) electrons. The second kappa shape index (κ2) is 6.46. The van der Waals surface area contributed by atoms with Gasteiger partial charge in [0.1, 0.15) is 0 Å². The third-order valence-corrected chi connectivity index (χ3v) is 4.78. The van der Waals surface area contributed by atoms with Crippen LogP contribution in [-0.2, 0) is 14.8 Å². The van der Waals surface area contributed by atoms with Crippen LogP contribution in [0.4, 0.5) is 10.1 Å². The van der Waals surface area contributed by atoms with Crippen molar-refractivity contribution in [1.82, 2.24) is 4.72 Å². The molecule has 1 saturated heterocycles. The van der Waals surface area contributed by atoms with Crippen LogP contribution in [0.1, 0.15) is 12.8 Å². The van der Waals surface area contributed by atoms with Gasteiger partial charge in [-0.1, -0.05) is 6.07 Å². The average Bonchev–Trinajstić information content (AvgIpc) is 2.46. The number of hydrogen-bond donors (Lipinski definition) is 1. The molecule has 0 saturated carbocycles. The summed E-state index contributed by atoms with van der Waals surface area (Å²) in [7, 11) is -4.13. The molecule has 1 aromatic carbocycles. The Morgan fingerprint density at radius 1 is 1.38 bits per heavy atom. The summed E-state index contributed by atoms with van der Waals surface area (Å²) in [5.74, 6) is -1.06. The van der Waals surface area contributed by atoms with Gasteiger partial charge in [0.2, 0.25) is 15.8 Å². The molecule has 1 aromatic rings. The zero-order valence-corrected chi connectivity index (χ0v) is 11.9. The Kier molecular flexibility index (Phi) is 4.86. The van der Waals surface area contributed by atoms with Gasteiger partial charge in [-0.3, -0.25) is 10.1 Å². The Balaban J connectivity index is 2.19. The molecule has 1 aliphatic heterocycles. The Bertz CT molecular complexity index is 629. The van der Waals surface area contributed by atoms with Gasteiger partial charge in [-0.25, -0.2) is 13.1 Å². The molecule has 1 heterocycles. The van der Waals surface area contributed by atoms with Crippen LogP contribution >= 0.6 is 0 Å². The van der Waals surface area contributed by atoms with Crippen molar-refractivity contribution in [2.45, 2.75) is 17.7 Å². The Hall–Kier alpha value is -1.58. The molecule has 7 nitrogen and oxygen atoms in total. The number of nitro benzene ring substituents is 1. The number of nitrogens with zero attached hydrogens (tertiary/aromatic N) is 1. The minimum absolute atomic E-state index is 0.112. The number of para-hydroxylation sites is 1. The first kappa shape index (κ1) is 15.8. The smallest absolute Gasteiger partial charge is 0.324 e. The molecule has 0 bridgehead atoms. The third-order valence-electron chi connectivity index (χ3n) is 3.32. The molecule has 1 aliphatic rings. The maximum atomic E-state index is 13.5. The molecular weight excluding hydrogens is 303 g/mol. The largest absolute Gasteiger partial charge is 0.381 e. The number of sulfonamides is 1. The van der Waals surface area contributed by atoms with Crippen molar-refractivity contribution in [2.24, 2.45) is 5.92 Å². The van der Waals surface area contributed by atoms with E-state index in [2.05, 4.69) is 4.72 Å². The normalized spacial score (nSPS) is 16.8. The number of nitro groups is 1. The van der Waals surface area contributed by atoms with Gasteiger partial charge < -0.3 is 4.74 Å². The zero-order chi connectivity index (χ0) is 15.5. The maximum absolute atomic E-state index is 13.5. The summed E-state index contributed by atoms with van der Waals surface area (Å²) in [5, 5.41) is 10.9. The van der Waals surface area contributed by atoms with Crippen molar-refractivity contribution < 1.29 is 22.5 Å². The molecule has 0 aromatic heterocycles. The molecule has 1 fully saturated rings. The lowest BCUT2D eigenvalue weighted by Crippen LogP contribution is -2.32. The number of benzene rings is 1. The van der Waals surface area contributed by atoms with Crippen LogP contribution < -0.4 is 4.72 Å². The molecule has 0 spiro atoms. The first-order valence-corrected chi connectivity index (χ1v) is 7.90. The number of ether oxygens (including phenoxy) is 1. The fourth-order valence-corrected chi connectivity index (χ4v) is 3.44. The highest BCUT2D eigenvalue weighted by molar-refractivity contribution is 7.89. The second-order valence-corrected chi connectivity index (χ2v) is 6.49. The second-order valence-electron chi connectivity index (χ2n) is 4.75. The lowest BCUT2D eigenvalue weighted by Gasteiger charge is -2.22. The number of rotatable bonds is 5. The summed E-state index contributed by atoms with van der Waals surface area (Å²) >= 11 is 0. The van der Waals surface area contributed by atoms with E-state index in [4.69, 9.17) is 4.74 Å². The van der Waals surface area contributed by atoms with Crippen molar-refractivity contribution in [3.05, 3.63) is 34.1 Å². The van der Waals surface area contributed by atoms with Crippen LogP contribution in [0.2, 0.25) is 0 Å². The Morgan fingerprint density at radius 3 is 2.67 bits per heavy atom. The number of halogens is 1. The van der Waals surface area contributed by atoms with Crippen LogP contribution in [-0.4, -0.2) is 33.1 Å². The van der Waals surface area contributed by atoms with E-state index in [-0.39, 0.29) is 12.5 Å². The SMILES string of the molecule is O=[N+]([O-])c1c(F)cccc1S(=O)(=O)NCC1CCOCC1. The van der Waals surface area contributed by atoms with Gasteiger partial charge in [0.15, 0.2) is 4.90 Å². The summed E-state index contributed by atoms with van der Waals surface area (Å²) in [6.07, 6.45) is 1.43. The number of nitrogens with one attached hydrogen (secondary N) is 1. The van der Waals surface area contributed by atoms with Crippen molar-refractivity contribution in [3.63, 3.8) is 0 Å². The van der Waals surface area contributed by atoms with E-state index in [0.29, 0.717) is 26.1 Å². The molecule has 0 aliphatic carbocycles. The highest BCUT2D eigenvalue weighted by Crippen LogP contribution is 2.26. The predicted molar refractivity (Wildman–Crippen MR) is 71.8 cm³/mol. The van der Waals surface area contributed by atoms with Gasteiger partial charge in [0.25, 0.3) is 0 Å². The third kappa shape index (κ3) is 3.74. The minimum atomic E-state index is -4.13. The van der Waals surface area contributed by atoms with Gasteiger partial charge in [-0.2, -0.15) is 4.39 Å². The van der Waals surface area contributed by atoms with E-state index < -0.39 is 31.3 Å². The first-order valence-electron chi connectivity index (χ1n) is 6.42. The fraction of sp³-hybridized carbons (Fsp3) is 0.500. The molecule has 2 rings (SSSR count). The van der Waals surface area contributed by atoms with Crippen molar-refractivity contribution in [2.75, 3.05) is 19.8 Å². The predicted octanol–water partition coefficient (Wildman–Crippen LogP) is 1.44. The minimum Gasteiger partial charge on any atom is -0.381 e. The van der Waals surface area contributed by atoms with E-state index in [9.17, 15) is 22.9 Å². The molecule has 0 amide bonds. The highest BCUT2D eigenvalue weighted by atomic mass is 32.2. The lowest BCUT2D eigenvalue weighted by molar-refractivity contribution is -0.390. The molecule has 116 valence electrons. The topological polar surface area (TPSA) is 98.5 Å². The van der Waals surface area contributed by atoms with Crippen LogP contribution in [0.3, 0.4) is 0 Å². The van der Waals surface area contributed by atoms with E-state index in [1.54, 1.807) is 0 Å². The zero-order valence-electron chi connectivity index (χ0n) is 11.1. The molecule has 1 N–H and O–H groups in total. The van der Waals surface area contributed by atoms with Crippen LogP contribution in [0.25, 0.3) is 0 Å². The van der Waals surface area contributed by atoms with E-state index in [0.717, 1.165) is 18.2 Å². The summed E-state index contributed by atoms with van der Waals surface area (Å²) < 4.78 is 45.2. The fourth-order valence-electron chi connectivity index (χ4n) is 2.15. The summed E-state index contributed by atoms with van der Waals surface area (Å²) in [6, 6.07) is 3.01. The van der Waals surface area contributed by atoms with E-state index in [1.807, 2.05) is 0 Å². The van der Waals surface area contributed by atoms with Crippen molar-refractivity contribution >= 4 is 15.7 Å². The number of hydrogen-bond acceptors (Lipinski definition) is 5. The van der Waals surface area contributed by atoms with Gasteiger partial charge in [0, 0.05) is 19.8 Å². The molecule has 9 heteroatoms. The van der Waals surface area contributed by atoms with Crippen LogP contribution in [0.5, 0.6) is 0 Å².